The van der Waals surface area contributed by atoms with Crippen molar-refractivity contribution in [1.29, 1.82) is 0 Å². The topological polar surface area (TPSA) is 121 Å². The summed E-state index contributed by atoms with van der Waals surface area (Å²) < 4.78 is 35.8. The molecule has 1 aliphatic rings. The van der Waals surface area contributed by atoms with Gasteiger partial charge >= 0.3 is 0 Å². The number of nitrogen functional groups attached to an aromatic ring is 1. The summed E-state index contributed by atoms with van der Waals surface area (Å²) in [5, 5.41) is 0. The van der Waals surface area contributed by atoms with Gasteiger partial charge in [0.1, 0.15) is 29.6 Å². The van der Waals surface area contributed by atoms with Crippen LogP contribution in [0.2, 0.25) is 0 Å². The zero-order chi connectivity index (χ0) is 23.8. The van der Waals surface area contributed by atoms with Crippen LogP contribution in [-0.4, -0.2) is 56.9 Å². The second-order valence-corrected chi connectivity index (χ2v) is 8.26. The van der Waals surface area contributed by atoms with E-state index in [1.54, 1.807) is 24.7 Å². The lowest BCUT2D eigenvalue weighted by atomic mass is 10.0. The smallest absolute Gasteiger partial charge is 0.165 e. The van der Waals surface area contributed by atoms with Crippen LogP contribution in [0.4, 0.5) is 20.3 Å². The van der Waals surface area contributed by atoms with E-state index in [-0.39, 0.29) is 5.82 Å². The van der Waals surface area contributed by atoms with Crippen molar-refractivity contribution < 1.29 is 13.5 Å². The van der Waals surface area contributed by atoms with Crippen LogP contribution in [0, 0.1) is 5.82 Å². The Labute approximate surface area is 194 Å². The third-order valence-electron chi connectivity index (χ3n) is 6.10. The van der Waals surface area contributed by atoms with Gasteiger partial charge in [0, 0.05) is 24.7 Å². The number of rotatable bonds is 5. The first kappa shape index (κ1) is 22.0. The lowest BCUT2D eigenvalue weighted by Gasteiger charge is -2.35. The number of halogens is 2. The Bertz CT molecular complexity index is 1340. The molecule has 0 bridgehead atoms. The van der Waals surface area contributed by atoms with Crippen molar-refractivity contribution in [2.75, 3.05) is 30.8 Å². The maximum Gasteiger partial charge on any atom is 0.165 e. The second kappa shape index (κ2) is 8.82. The molecule has 176 valence electrons. The molecule has 0 amide bonds. The summed E-state index contributed by atoms with van der Waals surface area (Å²) in [5.74, 6) is 0.262. The van der Waals surface area contributed by atoms with Crippen LogP contribution in [0.25, 0.3) is 22.4 Å². The van der Waals surface area contributed by atoms with Crippen molar-refractivity contribution in [3.8, 4) is 17.0 Å². The summed E-state index contributed by atoms with van der Waals surface area (Å²) in [6.45, 7) is 1.21. The average molecular weight is 466 g/mol. The van der Waals surface area contributed by atoms with Crippen molar-refractivity contribution >= 4 is 22.7 Å². The van der Waals surface area contributed by atoms with Gasteiger partial charge in [-0.25, -0.2) is 23.7 Å². The SMILES string of the molecule is COc1ccc(-c2cc(Cn3cnc4c(N)ncnc43)c(N3CC[C@@H](F)[C@@H](N)C3)cn2)c(F)c1. The molecule has 4 aromatic rings. The highest BCUT2D eigenvalue weighted by Gasteiger charge is 2.28. The molecule has 4 N–H and O–H groups in total. The molecule has 5 rings (SSSR count). The molecule has 2 atom stereocenters. The van der Waals surface area contributed by atoms with Crippen molar-refractivity contribution in [2.45, 2.75) is 25.2 Å². The number of nitrogens with two attached hydrogens (primary N) is 2. The molecule has 11 heteroatoms. The van der Waals surface area contributed by atoms with E-state index in [4.69, 9.17) is 16.2 Å². The van der Waals surface area contributed by atoms with Crippen LogP contribution in [0.1, 0.15) is 12.0 Å². The Morgan fingerprint density at radius 1 is 1.18 bits per heavy atom. The molecule has 0 radical (unpaired) electrons. The van der Waals surface area contributed by atoms with Gasteiger partial charge in [0.05, 0.1) is 43.6 Å². The monoisotopic (exact) mass is 466 g/mol. The zero-order valence-corrected chi connectivity index (χ0v) is 18.5. The minimum absolute atomic E-state index is 0.288. The molecule has 0 unspecified atom stereocenters. The summed E-state index contributed by atoms with van der Waals surface area (Å²) in [6, 6.07) is 5.86. The minimum Gasteiger partial charge on any atom is -0.497 e. The maximum absolute atomic E-state index is 14.8. The lowest BCUT2D eigenvalue weighted by Crippen LogP contribution is -2.50. The summed E-state index contributed by atoms with van der Waals surface area (Å²) in [4.78, 5) is 19.2. The van der Waals surface area contributed by atoms with E-state index in [0.717, 1.165) is 11.3 Å². The summed E-state index contributed by atoms with van der Waals surface area (Å²) >= 11 is 0. The molecule has 4 heterocycles. The Morgan fingerprint density at radius 2 is 2.03 bits per heavy atom. The summed E-state index contributed by atoms with van der Waals surface area (Å²) in [7, 11) is 1.48. The number of pyridine rings is 1. The summed E-state index contributed by atoms with van der Waals surface area (Å²) in [5.41, 5.74) is 15.4. The fraction of sp³-hybridized carbons (Fsp3) is 0.304. The third-order valence-corrected chi connectivity index (χ3v) is 6.10. The molecule has 9 nitrogen and oxygen atoms in total. The largest absolute Gasteiger partial charge is 0.497 e. The number of imidazole rings is 1. The highest BCUT2D eigenvalue weighted by molar-refractivity contribution is 5.81. The van der Waals surface area contributed by atoms with Crippen LogP contribution >= 0.6 is 0 Å². The molecule has 3 aromatic heterocycles. The van der Waals surface area contributed by atoms with Gasteiger partial charge in [0.25, 0.3) is 0 Å². The average Bonchev–Trinajstić information content (AvgIpc) is 3.25. The van der Waals surface area contributed by atoms with E-state index in [2.05, 4.69) is 19.9 Å². The van der Waals surface area contributed by atoms with Crippen LogP contribution in [-0.2, 0) is 6.54 Å². The zero-order valence-electron chi connectivity index (χ0n) is 18.5. The van der Waals surface area contributed by atoms with Gasteiger partial charge in [-0.1, -0.05) is 0 Å². The highest BCUT2D eigenvalue weighted by Crippen LogP contribution is 2.31. The minimum atomic E-state index is -1.04. The standard InChI is InChI=1S/C23H24F2N8O/c1-34-14-2-3-15(17(25)7-14)19-6-13(9-33-12-31-21-22(27)29-11-30-23(21)33)20(8-28-19)32-5-4-16(24)18(26)10-32/h2-3,6-8,11-12,16,18H,4-5,9-10,26H2,1H3,(H2,27,29,30)/t16-,18+/m1/s1. The maximum atomic E-state index is 14.8. The van der Waals surface area contributed by atoms with Crippen molar-refractivity contribution in [3.63, 3.8) is 0 Å². The number of benzene rings is 1. The lowest BCUT2D eigenvalue weighted by molar-refractivity contribution is 0.244. The predicted molar refractivity (Wildman–Crippen MR) is 125 cm³/mol. The molecule has 0 aliphatic carbocycles. The quantitative estimate of drug-likeness (QED) is 0.460. The van der Waals surface area contributed by atoms with E-state index < -0.39 is 18.0 Å². The normalized spacial score (nSPS) is 18.4. The van der Waals surface area contributed by atoms with Crippen LogP contribution in [0.5, 0.6) is 5.75 Å². The molecular weight excluding hydrogens is 442 g/mol. The van der Waals surface area contributed by atoms with Gasteiger partial charge in [-0.15, -0.1) is 0 Å². The Hall–Kier alpha value is -3.86. The summed E-state index contributed by atoms with van der Waals surface area (Å²) in [6.07, 6.45) is 3.98. The van der Waals surface area contributed by atoms with Gasteiger partial charge in [0.15, 0.2) is 11.5 Å². The first-order valence-corrected chi connectivity index (χ1v) is 10.8. The first-order valence-electron chi connectivity index (χ1n) is 10.8. The van der Waals surface area contributed by atoms with E-state index in [9.17, 15) is 8.78 Å². The van der Waals surface area contributed by atoms with Gasteiger partial charge in [-0.05, 0) is 30.2 Å². The van der Waals surface area contributed by atoms with Crippen LogP contribution in [0.15, 0.2) is 43.1 Å². The van der Waals surface area contributed by atoms with Gasteiger partial charge in [-0.3, -0.25) is 4.98 Å². The van der Waals surface area contributed by atoms with E-state index in [1.807, 2.05) is 15.5 Å². The first-order chi connectivity index (χ1) is 16.4. The second-order valence-electron chi connectivity index (χ2n) is 8.26. The van der Waals surface area contributed by atoms with Crippen LogP contribution < -0.4 is 21.1 Å². The Balaban J connectivity index is 1.58. The Kier molecular flexibility index (Phi) is 5.70. The van der Waals surface area contributed by atoms with Gasteiger partial charge in [0.2, 0.25) is 0 Å². The molecule has 0 spiro atoms. The molecule has 1 fully saturated rings. The molecule has 1 aromatic carbocycles. The van der Waals surface area contributed by atoms with E-state index in [0.29, 0.717) is 54.2 Å². The number of hydrogen-bond donors (Lipinski definition) is 2. The third kappa shape index (κ3) is 3.98. The number of ether oxygens (including phenoxy) is 1. The molecule has 34 heavy (non-hydrogen) atoms. The number of piperidine rings is 1. The number of anilines is 2. The van der Waals surface area contributed by atoms with E-state index in [1.165, 1.54) is 19.5 Å². The Morgan fingerprint density at radius 3 is 2.79 bits per heavy atom. The van der Waals surface area contributed by atoms with Crippen LogP contribution in [0.3, 0.4) is 0 Å². The fourth-order valence-electron chi connectivity index (χ4n) is 4.25. The number of alkyl halides is 1. The number of hydrogen-bond acceptors (Lipinski definition) is 8. The van der Waals surface area contributed by atoms with Gasteiger partial charge < -0.3 is 25.7 Å². The predicted octanol–water partition coefficient (Wildman–Crippen LogP) is 2.54. The molecular formula is C23H24F2N8O. The highest BCUT2D eigenvalue weighted by atomic mass is 19.1. The number of aromatic nitrogens is 5. The molecule has 1 saturated heterocycles. The van der Waals surface area contributed by atoms with Crippen molar-refractivity contribution in [1.82, 2.24) is 24.5 Å². The van der Waals surface area contributed by atoms with E-state index >= 15 is 0 Å². The number of methoxy groups -OCH3 is 1. The van der Waals surface area contributed by atoms with Crippen molar-refractivity contribution in [3.05, 3.63) is 54.5 Å². The van der Waals surface area contributed by atoms with Crippen molar-refractivity contribution in [2.24, 2.45) is 5.73 Å². The number of fused-ring (bicyclic) bond motifs is 1. The molecule has 0 saturated carbocycles. The molecule has 1 aliphatic heterocycles. The fourth-order valence-corrected chi connectivity index (χ4v) is 4.25. The number of nitrogens with zero attached hydrogens (tertiary/aromatic N) is 6. The van der Waals surface area contributed by atoms with Gasteiger partial charge in [-0.2, -0.15) is 0 Å².